The summed E-state index contributed by atoms with van der Waals surface area (Å²) in [5.74, 6) is -7.42. The van der Waals surface area contributed by atoms with E-state index in [0.717, 1.165) is 0 Å². The molecule has 0 saturated carbocycles. The maximum Gasteiger partial charge on any atom is 0.255 e. The predicted octanol–water partition coefficient (Wildman–Crippen LogP) is 3.54. The molecule has 44 heavy (non-hydrogen) atoms. The maximum atomic E-state index is 14.3. The number of amides is 2. The Morgan fingerprint density at radius 3 is 2.34 bits per heavy atom. The third-order valence-electron chi connectivity index (χ3n) is 9.49. The number of aromatic hydroxyl groups is 1. The fraction of sp³-hybridized carbons (Fsp3) is 0.394. The van der Waals surface area contributed by atoms with E-state index in [0.29, 0.717) is 28.1 Å². The highest BCUT2D eigenvalue weighted by Gasteiger charge is 2.69. The number of rotatable bonds is 5. The Kier molecular flexibility index (Phi) is 7.16. The minimum atomic E-state index is -2.73. The van der Waals surface area contributed by atoms with Crippen LogP contribution in [0, 0.1) is 23.2 Å². The Balaban J connectivity index is 1.76. The summed E-state index contributed by atoms with van der Waals surface area (Å²) in [6, 6.07) is 8.49. The van der Waals surface area contributed by atoms with E-state index in [-0.39, 0.29) is 35.6 Å². The van der Waals surface area contributed by atoms with Gasteiger partial charge in [-0.15, -0.1) is 0 Å². The number of phenolic OH excluding ortho intramolecular Hbond substituents is 1. The molecule has 2 aromatic rings. The normalized spacial score (nSPS) is 26.3. The van der Waals surface area contributed by atoms with Crippen molar-refractivity contribution in [1.29, 1.82) is 0 Å². The Labute approximate surface area is 254 Å². The summed E-state index contributed by atoms with van der Waals surface area (Å²) in [6.45, 7) is 6.44. The van der Waals surface area contributed by atoms with Gasteiger partial charge in [0.1, 0.15) is 22.8 Å². The topological polar surface area (TPSA) is 190 Å². The highest BCUT2D eigenvalue weighted by molar-refractivity contribution is 6.25. The average Bonchev–Trinajstić information content (AvgIpc) is 2.90. The summed E-state index contributed by atoms with van der Waals surface area (Å²) in [5, 5.41) is 49.3. The summed E-state index contributed by atoms with van der Waals surface area (Å²) in [7, 11) is 3.59. The van der Waals surface area contributed by atoms with Gasteiger partial charge in [0.2, 0.25) is 11.7 Å². The number of fused-ring (bicyclic) bond motifs is 3. The zero-order chi connectivity index (χ0) is 32.6. The smallest absolute Gasteiger partial charge is 0.255 e. The lowest BCUT2D eigenvalue weighted by Crippen LogP contribution is -2.66. The second kappa shape index (κ2) is 10.2. The first-order chi connectivity index (χ1) is 20.5. The van der Waals surface area contributed by atoms with Crippen molar-refractivity contribution in [1.82, 2.24) is 0 Å². The molecule has 0 unspecified atom stereocenters. The highest BCUT2D eigenvalue weighted by atomic mass is 16.3. The van der Waals surface area contributed by atoms with Crippen LogP contribution in [0.15, 0.2) is 53.0 Å². The lowest BCUT2D eigenvalue weighted by Gasteiger charge is -2.56. The van der Waals surface area contributed by atoms with Crippen LogP contribution in [-0.2, 0) is 20.8 Å². The number of carbonyl (C=O) groups excluding carboxylic acids is 4. The van der Waals surface area contributed by atoms with Gasteiger partial charge < -0.3 is 36.4 Å². The molecule has 7 N–H and O–H groups in total. The van der Waals surface area contributed by atoms with Crippen molar-refractivity contribution in [2.75, 3.05) is 24.3 Å². The van der Waals surface area contributed by atoms with E-state index in [2.05, 4.69) is 5.32 Å². The molecule has 3 aliphatic carbocycles. The number of nitrogens with one attached hydrogen (secondary N) is 1. The number of hydrogen-bond acceptors (Lipinski definition) is 9. The van der Waals surface area contributed by atoms with E-state index >= 15 is 0 Å². The largest absolute Gasteiger partial charge is 0.511 e. The van der Waals surface area contributed by atoms with Crippen molar-refractivity contribution in [3.05, 3.63) is 64.1 Å². The summed E-state index contributed by atoms with van der Waals surface area (Å²) >= 11 is 0. The third kappa shape index (κ3) is 4.13. The fourth-order valence-electron chi connectivity index (χ4n) is 7.77. The second-order valence-electron chi connectivity index (χ2n) is 12.8. The van der Waals surface area contributed by atoms with Crippen LogP contribution in [0.2, 0.25) is 0 Å². The van der Waals surface area contributed by atoms with Gasteiger partial charge in [-0.2, -0.15) is 0 Å². The first-order valence-corrected chi connectivity index (χ1v) is 14.4. The number of nitrogens with zero attached hydrogens (tertiary/aromatic N) is 1. The number of nitrogens with two attached hydrogens (primary N) is 1. The molecular formula is C33H37N3O8. The molecule has 2 amide bonds. The summed E-state index contributed by atoms with van der Waals surface area (Å²) < 4.78 is 0. The molecule has 232 valence electrons. The van der Waals surface area contributed by atoms with E-state index in [1.165, 1.54) is 6.92 Å². The first-order valence-electron chi connectivity index (χ1n) is 14.4. The molecule has 5 rings (SSSR count). The molecule has 4 atom stereocenters. The van der Waals surface area contributed by atoms with Gasteiger partial charge in [-0.25, -0.2) is 0 Å². The minimum absolute atomic E-state index is 0.00685. The number of hydrogen-bond donors (Lipinski definition) is 6. The van der Waals surface area contributed by atoms with Crippen molar-refractivity contribution in [2.45, 2.75) is 46.1 Å². The number of benzene rings is 2. The Bertz CT molecular complexity index is 1720. The van der Waals surface area contributed by atoms with Crippen LogP contribution >= 0.6 is 0 Å². The number of aliphatic hydroxyl groups excluding tert-OH is 2. The van der Waals surface area contributed by atoms with Crippen LogP contribution in [0.4, 0.5) is 11.4 Å². The fourth-order valence-corrected chi connectivity index (χ4v) is 7.77. The second-order valence-corrected chi connectivity index (χ2v) is 12.8. The third-order valence-corrected chi connectivity index (χ3v) is 9.49. The summed E-state index contributed by atoms with van der Waals surface area (Å²) in [4.78, 5) is 53.9. The number of ketones is 2. The maximum absolute atomic E-state index is 14.3. The van der Waals surface area contributed by atoms with Gasteiger partial charge in [0.15, 0.2) is 11.4 Å². The van der Waals surface area contributed by atoms with E-state index in [4.69, 9.17) is 5.73 Å². The number of aliphatic hydroxyl groups is 3. The number of carbonyl (C=O) groups is 4. The molecule has 0 fully saturated rings. The van der Waals surface area contributed by atoms with Gasteiger partial charge in [-0.3, -0.25) is 19.2 Å². The number of allylic oxidation sites excluding steroid dienone is 2. The lowest BCUT2D eigenvalue weighted by molar-refractivity contribution is -0.167. The molecule has 2 aromatic carbocycles. The van der Waals surface area contributed by atoms with E-state index in [9.17, 15) is 39.6 Å². The van der Waals surface area contributed by atoms with Crippen molar-refractivity contribution in [3.8, 4) is 16.9 Å². The zero-order valence-electron chi connectivity index (χ0n) is 25.5. The monoisotopic (exact) mass is 603 g/mol. The van der Waals surface area contributed by atoms with Gasteiger partial charge in [-0.05, 0) is 54.0 Å². The Morgan fingerprint density at radius 2 is 1.77 bits per heavy atom. The average molecular weight is 604 g/mol. The summed E-state index contributed by atoms with van der Waals surface area (Å²) in [5.41, 5.74) is 2.53. The first kappa shape index (κ1) is 30.8. The molecule has 0 bridgehead atoms. The van der Waals surface area contributed by atoms with E-state index < -0.39 is 63.3 Å². The summed E-state index contributed by atoms with van der Waals surface area (Å²) in [6.07, 6.45) is 0.179. The SMILES string of the molecule is CC(=O)Nc1cccc(-c2cc(N(C)C)c3c(c2O)C(=O)C2=C(O)[C@]4(O)C(=O)C(C(N)=O)=C(O)[C@@H](C(C)C)[C@]4(C)C[C@@H]2C3)c1. The lowest BCUT2D eigenvalue weighted by atomic mass is 9.48. The van der Waals surface area contributed by atoms with Crippen molar-refractivity contribution >= 4 is 34.8 Å². The number of primary amides is 1. The Hall–Kier alpha value is -4.64. The predicted molar refractivity (Wildman–Crippen MR) is 163 cm³/mol. The molecule has 0 heterocycles. The van der Waals surface area contributed by atoms with Crippen molar-refractivity contribution in [3.63, 3.8) is 0 Å². The molecule has 3 aliphatic rings. The van der Waals surface area contributed by atoms with Crippen molar-refractivity contribution in [2.24, 2.45) is 28.9 Å². The van der Waals surface area contributed by atoms with Gasteiger partial charge in [0, 0.05) is 54.9 Å². The highest BCUT2D eigenvalue weighted by Crippen LogP contribution is 2.62. The van der Waals surface area contributed by atoms with E-state index in [1.807, 2.05) is 0 Å². The van der Waals surface area contributed by atoms with E-state index in [1.54, 1.807) is 70.1 Å². The number of phenols is 1. The molecule has 11 nitrogen and oxygen atoms in total. The molecule has 0 aliphatic heterocycles. The molecular weight excluding hydrogens is 566 g/mol. The molecule has 0 aromatic heterocycles. The number of Topliss-reactive ketones (excluding diaryl/α,β-unsaturated/α-hetero) is 2. The molecule has 0 saturated heterocycles. The number of anilines is 2. The van der Waals surface area contributed by atoms with Crippen LogP contribution < -0.4 is 16.0 Å². The Morgan fingerprint density at radius 1 is 1.11 bits per heavy atom. The quantitative estimate of drug-likeness (QED) is 0.278. The van der Waals surface area contributed by atoms with Crippen LogP contribution in [0.25, 0.3) is 11.1 Å². The van der Waals surface area contributed by atoms with Gasteiger partial charge in [-0.1, -0.05) is 32.9 Å². The van der Waals surface area contributed by atoms with Crippen LogP contribution in [0.5, 0.6) is 5.75 Å². The standard InChI is InChI=1S/C33H37N3O8/c1-14(2)25-28(40)24(31(34)43)30(42)33(44)29(41)22-17(13-32(25,33)4)11-20-21(36(5)6)12-19(26(38)23(20)27(22)39)16-8-7-9-18(10-16)35-15(3)37/h7-10,12,14,17,25,38,40-41,44H,11,13H2,1-6H3,(H2,34,43)(H,35,37)/t17-,25+,32-,33-/m0/s1. The molecule has 11 heteroatoms. The van der Waals surface area contributed by atoms with Crippen LogP contribution in [0.1, 0.15) is 50.0 Å². The molecule has 0 spiro atoms. The van der Waals surface area contributed by atoms with Crippen LogP contribution in [-0.4, -0.2) is 63.5 Å². The van der Waals surface area contributed by atoms with Crippen LogP contribution in [0.3, 0.4) is 0 Å². The van der Waals surface area contributed by atoms with Gasteiger partial charge in [0.05, 0.1) is 5.56 Å². The molecule has 0 radical (unpaired) electrons. The van der Waals surface area contributed by atoms with Gasteiger partial charge in [0.25, 0.3) is 5.91 Å². The zero-order valence-corrected chi connectivity index (χ0v) is 25.5. The van der Waals surface area contributed by atoms with Gasteiger partial charge >= 0.3 is 0 Å². The minimum Gasteiger partial charge on any atom is -0.511 e. The van der Waals surface area contributed by atoms with Crippen molar-refractivity contribution < 1.29 is 39.6 Å².